The third-order valence-electron chi connectivity index (χ3n) is 5.53. The lowest BCUT2D eigenvalue weighted by molar-refractivity contribution is 0.0867. The van der Waals surface area contributed by atoms with Crippen LogP contribution in [0.2, 0.25) is 0 Å². The molecule has 0 unspecified atom stereocenters. The van der Waals surface area contributed by atoms with Crippen molar-refractivity contribution in [2.45, 2.75) is 71.4 Å². The lowest BCUT2D eigenvalue weighted by atomic mass is 9.93. The van der Waals surface area contributed by atoms with E-state index in [1.165, 1.54) is 5.56 Å². The minimum Gasteiger partial charge on any atom is -0.393 e. The average molecular weight is 354 g/mol. The molecule has 3 rings (SSSR count). The summed E-state index contributed by atoms with van der Waals surface area (Å²) in [5, 5.41) is 12.8. The number of nitrogens with one attached hydrogen (secondary N) is 1. The number of hydrogen-bond acceptors (Lipinski definition) is 2. The van der Waals surface area contributed by atoms with Gasteiger partial charge in [-0.15, -0.1) is 0 Å². The maximum Gasteiger partial charge on any atom is 0.253 e. The van der Waals surface area contributed by atoms with Gasteiger partial charge >= 0.3 is 0 Å². The molecule has 0 aliphatic heterocycles. The number of aryl methyl sites for hydroxylation is 1. The molecular weight excluding hydrogens is 324 g/mol. The van der Waals surface area contributed by atoms with Crippen LogP contribution in [0.25, 0.3) is 5.69 Å². The molecule has 1 fully saturated rings. The number of hydrogen-bond donors (Lipinski definition) is 2. The number of nitrogens with zero attached hydrogens (tertiary/aromatic N) is 1. The van der Waals surface area contributed by atoms with Gasteiger partial charge in [-0.1, -0.05) is 26.0 Å². The number of amides is 1. The molecule has 4 nitrogen and oxygen atoms in total. The Hall–Kier alpha value is -2.07. The predicted octanol–water partition coefficient (Wildman–Crippen LogP) is 4.25. The minimum atomic E-state index is -0.206. The first-order valence-corrected chi connectivity index (χ1v) is 9.65. The van der Waals surface area contributed by atoms with Gasteiger partial charge in [0.05, 0.1) is 11.7 Å². The van der Waals surface area contributed by atoms with Gasteiger partial charge in [-0.3, -0.25) is 4.79 Å². The molecule has 26 heavy (non-hydrogen) atoms. The van der Waals surface area contributed by atoms with Crippen LogP contribution in [0, 0.1) is 13.8 Å². The van der Waals surface area contributed by atoms with Gasteiger partial charge in [-0.25, -0.2) is 0 Å². The Bertz CT molecular complexity index is 766. The fraction of sp³-hybridized carbons (Fsp3) is 0.500. The summed E-state index contributed by atoms with van der Waals surface area (Å²) < 4.78 is 2.14. The van der Waals surface area contributed by atoms with Gasteiger partial charge in [0.15, 0.2) is 0 Å². The monoisotopic (exact) mass is 354 g/mol. The summed E-state index contributed by atoms with van der Waals surface area (Å²) in [4.78, 5) is 12.8. The molecule has 0 bridgehead atoms. The van der Waals surface area contributed by atoms with Gasteiger partial charge in [0.25, 0.3) is 5.91 Å². The predicted molar refractivity (Wildman–Crippen MR) is 105 cm³/mol. The van der Waals surface area contributed by atoms with E-state index >= 15 is 0 Å². The lowest BCUT2D eigenvalue weighted by Gasteiger charge is -2.26. The molecule has 0 saturated heterocycles. The van der Waals surface area contributed by atoms with Crippen LogP contribution in [-0.4, -0.2) is 27.7 Å². The Morgan fingerprint density at radius 1 is 1.12 bits per heavy atom. The molecule has 1 aromatic heterocycles. The highest BCUT2D eigenvalue weighted by atomic mass is 16.3. The Morgan fingerprint density at radius 3 is 2.31 bits per heavy atom. The third kappa shape index (κ3) is 3.85. The summed E-state index contributed by atoms with van der Waals surface area (Å²) in [6, 6.07) is 10.7. The summed E-state index contributed by atoms with van der Waals surface area (Å²) >= 11 is 0. The van der Waals surface area contributed by atoms with Crippen molar-refractivity contribution in [3.05, 3.63) is 52.8 Å². The number of aliphatic hydroxyl groups is 1. The van der Waals surface area contributed by atoms with Crippen LogP contribution in [0.1, 0.15) is 72.8 Å². The van der Waals surface area contributed by atoms with E-state index in [9.17, 15) is 9.90 Å². The Kier molecular flexibility index (Phi) is 5.52. The maximum atomic E-state index is 12.8. The van der Waals surface area contributed by atoms with E-state index in [2.05, 4.69) is 48.0 Å². The van der Waals surface area contributed by atoms with Crippen LogP contribution in [0.5, 0.6) is 0 Å². The molecule has 4 heteroatoms. The molecule has 0 atom stereocenters. The number of benzene rings is 1. The van der Waals surface area contributed by atoms with Crippen molar-refractivity contribution >= 4 is 5.91 Å². The molecule has 2 aromatic rings. The van der Waals surface area contributed by atoms with Crippen molar-refractivity contribution in [3.63, 3.8) is 0 Å². The molecule has 1 saturated carbocycles. The van der Waals surface area contributed by atoms with E-state index in [4.69, 9.17) is 0 Å². The first-order valence-electron chi connectivity index (χ1n) is 9.65. The number of carbonyl (C=O) groups excluding carboxylic acids is 1. The zero-order valence-electron chi connectivity index (χ0n) is 16.2. The van der Waals surface area contributed by atoms with Crippen molar-refractivity contribution < 1.29 is 9.90 Å². The highest BCUT2D eigenvalue weighted by Gasteiger charge is 2.23. The van der Waals surface area contributed by atoms with E-state index in [1.807, 2.05) is 19.9 Å². The molecule has 1 heterocycles. The molecular formula is C22H30N2O2. The van der Waals surface area contributed by atoms with Crippen molar-refractivity contribution in [1.82, 2.24) is 9.88 Å². The Balaban J connectivity index is 1.80. The quantitative estimate of drug-likeness (QED) is 0.862. The second-order valence-corrected chi connectivity index (χ2v) is 7.85. The molecule has 2 N–H and O–H groups in total. The zero-order valence-corrected chi connectivity index (χ0v) is 16.2. The first-order chi connectivity index (χ1) is 12.4. The minimum absolute atomic E-state index is 0.00968. The van der Waals surface area contributed by atoms with E-state index in [0.29, 0.717) is 5.92 Å². The zero-order chi connectivity index (χ0) is 18.8. The summed E-state index contributed by atoms with van der Waals surface area (Å²) in [6.45, 7) is 8.42. The van der Waals surface area contributed by atoms with Gasteiger partial charge in [0.2, 0.25) is 0 Å². The highest BCUT2D eigenvalue weighted by Crippen LogP contribution is 2.24. The average Bonchev–Trinajstić information content (AvgIpc) is 2.91. The summed E-state index contributed by atoms with van der Waals surface area (Å²) in [7, 11) is 0. The van der Waals surface area contributed by atoms with Crippen LogP contribution < -0.4 is 5.32 Å². The van der Waals surface area contributed by atoms with Crippen LogP contribution in [0.3, 0.4) is 0 Å². The number of aromatic nitrogens is 1. The number of aliphatic hydroxyl groups excluding tert-OH is 1. The van der Waals surface area contributed by atoms with Gasteiger partial charge in [0.1, 0.15) is 0 Å². The number of rotatable bonds is 4. The van der Waals surface area contributed by atoms with Crippen molar-refractivity contribution in [2.24, 2.45) is 0 Å². The van der Waals surface area contributed by atoms with Gasteiger partial charge < -0.3 is 15.0 Å². The molecule has 140 valence electrons. The van der Waals surface area contributed by atoms with E-state index < -0.39 is 0 Å². The SMILES string of the molecule is Cc1cc(C(=O)NC2CCC(O)CC2)c(C)n1-c1ccc(C(C)C)cc1. The molecule has 1 aromatic carbocycles. The standard InChI is InChI=1S/C22H30N2O2/c1-14(2)17-5-9-19(10-6-17)24-15(3)13-21(16(24)4)22(26)23-18-7-11-20(25)12-8-18/h5-6,9-10,13-14,18,20,25H,7-8,11-12H2,1-4H3,(H,23,26). The maximum absolute atomic E-state index is 12.8. The fourth-order valence-corrected chi connectivity index (χ4v) is 3.88. The van der Waals surface area contributed by atoms with Crippen molar-refractivity contribution in [2.75, 3.05) is 0 Å². The largest absolute Gasteiger partial charge is 0.393 e. The highest BCUT2D eigenvalue weighted by molar-refractivity contribution is 5.96. The van der Waals surface area contributed by atoms with Crippen LogP contribution in [0.15, 0.2) is 30.3 Å². The molecule has 1 aliphatic rings. The lowest BCUT2D eigenvalue weighted by Crippen LogP contribution is -2.38. The van der Waals surface area contributed by atoms with Crippen molar-refractivity contribution in [3.8, 4) is 5.69 Å². The van der Waals surface area contributed by atoms with Crippen LogP contribution in [-0.2, 0) is 0 Å². The second kappa shape index (κ2) is 7.67. The fourth-order valence-electron chi connectivity index (χ4n) is 3.88. The van der Waals surface area contributed by atoms with E-state index in [-0.39, 0.29) is 18.1 Å². The van der Waals surface area contributed by atoms with Gasteiger partial charge in [-0.05, 0) is 69.2 Å². The summed E-state index contributed by atoms with van der Waals surface area (Å²) in [6.07, 6.45) is 3.03. The Morgan fingerprint density at radius 2 is 1.73 bits per heavy atom. The van der Waals surface area contributed by atoms with Crippen molar-refractivity contribution in [1.29, 1.82) is 0 Å². The van der Waals surface area contributed by atoms with Crippen LogP contribution in [0.4, 0.5) is 0 Å². The normalized spacial score (nSPS) is 20.4. The molecule has 0 spiro atoms. The molecule has 0 radical (unpaired) electrons. The smallest absolute Gasteiger partial charge is 0.253 e. The third-order valence-corrected chi connectivity index (χ3v) is 5.53. The topological polar surface area (TPSA) is 54.3 Å². The second-order valence-electron chi connectivity index (χ2n) is 7.85. The molecule has 1 amide bonds. The number of carbonyl (C=O) groups is 1. The summed E-state index contributed by atoms with van der Waals surface area (Å²) in [5.41, 5.74) is 5.16. The van der Waals surface area contributed by atoms with Gasteiger partial charge in [-0.2, -0.15) is 0 Å². The van der Waals surface area contributed by atoms with E-state index in [0.717, 1.165) is 48.3 Å². The summed E-state index contributed by atoms with van der Waals surface area (Å²) in [5.74, 6) is 0.496. The van der Waals surface area contributed by atoms with Crippen LogP contribution >= 0.6 is 0 Å². The Labute approximate surface area is 156 Å². The van der Waals surface area contributed by atoms with E-state index in [1.54, 1.807) is 0 Å². The molecule has 1 aliphatic carbocycles. The first kappa shape index (κ1) is 18.7. The van der Waals surface area contributed by atoms with Gasteiger partial charge in [0, 0.05) is 23.1 Å².